The van der Waals surface area contributed by atoms with Crippen LogP contribution in [0.25, 0.3) is 0 Å². The zero-order chi connectivity index (χ0) is 9.56. The van der Waals surface area contributed by atoms with E-state index in [1.165, 1.54) is 0 Å². The van der Waals surface area contributed by atoms with Gasteiger partial charge in [0.1, 0.15) is 6.29 Å². The summed E-state index contributed by atoms with van der Waals surface area (Å²) < 4.78 is 0. The number of aryl methyl sites for hydroxylation is 2. The predicted octanol–water partition coefficient (Wildman–Crippen LogP) is 1.72. The molecular formula is C10H14O2. The zero-order valence-corrected chi connectivity index (χ0v) is 7.66. The minimum atomic E-state index is 0.792. The monoisotopic (exact) mass is 166 g/mol. The minimum absolute atomic E-state index is 0.792. The van der Waals surface area contributed by atoms with Crippen LogP contribution in [0.1, 0.15) is 21.5 Å². The minimum Gasteiger partial charge on any atom is -0.400 e. The highest BCUT2D eigenvalue weighted by Gasteiger charge is 1.94. The Kier molecular flexibility index (Phi) is 4.97. The molecule has 1 rings (SSSR count). The van der Waals surface area contributed by atoms with Gasteiger partial charge in [-0.15, -0.1) is 0 Å². The van der Waals surface area contributed by atoms with Crippen LogP contribution >= 0.6 is 0 Å². The molecule has 0 aliphatic rings. The van der Waals surface area contributed by atoms with Crippen LogP contribution in [0.4, 0.5) is 0 Å². The Labute approximate surface area is 72.9 Å². The summed E-state index contributed by atoms with van der Waals surface area (Å²) in [5, 5.41) is 7.00. The van der Waals surface area contributed by atoms with Crippen molar-refractivity contribution in [3.8, 4) is 0 Å². The van der Waals surface area contributed by atoms with E-state index in [2.05, 4.69) is 0 Å². The number of benzene rings is 1. The first-order chi connectivity index (χ1) is 5.74. The van der Waals surface area contributed by atoms with E-state index < -0.39 is 0 Å². The Morgan fingerprint density at radius 1 is 1.25 bits per heavy atom. The number of aldehydes is 1. The fourth-order valence-electron chi connectivity index (χ4n) is 0.887. The lowest BCUT2D eigenvalue weighted by Crippen LogP contribution is -1.85. The van der Waals surface area contributed by atoms with E-state index in [1.54, 1.807) is 0 Å². The summed E-state index contributed by atoms with van der Waals surface area (Å²) in [6.45, 7) is 3.91. The number of hydrogen-bond donors (Lipinski definition) is 1. The fourth-order valence-corrected chi connectivity index (χ4v) is 0.887. The van der Waals surface area contributed by atoms with E-state index in [9.17, 15) is 4.79 Å². The molecular weight excluding hydrogens is 152 g/mol. The number of carbonyl (C=O) groups excluding carboxylic acids is 1. The van der Waals surface area contributed by atoms with E-state index >= 15 is 0 Å². The van der Waals surface area contributed by atoms with Crippen molar-refractivity contribution in [2.75, 3.05) is 7.11 Å². The third kappa shape index (κ3) is 2.84. The third-order valence-electron chi connectivity index (χ3n) is 1.56. The molecule has 0 aromatic heterocycles. The smallest absolute Gasteiger partial charge is 0.150 e. The molecule has 0 unspecified atom stereocenters. The van der Waals surface area contributed by atoms with Crippen molar-refractivity contribution in [1.82, 2.24) is 0 Å². The normalized spacial score (nSPS) is 8.33. The lowest BCUT2D eigenvalue weighted by molar-refractivity contribution is 0.112. The highest BCUT2D eigenvalue weighted by molar-refractivity contribution is 5.77. The van der Waals surface area contributed by atoms with Gasteiger partial charge in [-0.1, -0.05) is 17.7 Å². The molecule has 0 bridgehead atoms. The van der Waals surface area contributed by atoms with E-state index in [1.807, 2.05) is 32.0 Å². The molecule has 2 heteroatoms. The van der Waals surface area contributed by atoms with Crippen LogP contribution in [0.2, 0.25) is 0 Å². The molecule has 0 heterocycles. The van der Waals surface area contributed by atoms with Crippen molar-refractivity contribution in [3.63, 3.8) is 0 Å². The third-order valence-corrected chi connectivity index (χ3v) is 1.56. The maximum atomic E-state index is 10.4. The molecule has 1 N–H and O–H groups in total. The standard InChI is InChI=1S/C9H10O.CH4O/c1-7-3-4-8(2)9(5-7)6-10;1-2/h3-6H,1-2H3;2H,1H3. The van der Waals surface area contributed by atoms with E-state index in [0.717, 1.165) is 30.1 Å². The van der Waals surface area contributed by atoms with E-state index in [4.69, 9.17) is 5.11 Å². The van der Waals surface area contributed by atoms with Crippen molar-refractivity contribution in [2.45, 2.75) is 13.8 Å². The average molecular weight is 166 g/mol. The first-order valence-corrected chi connectivity index (χ1v) is 3.71. The van der Waals surface area contributed by atoms with Crippen LogP contribution in [-0.2, 0) is 0 Å². The highest BCUT2D eigenvalue weighted by atomic mass is 16.2. The van der Waals surface area contributed by atoms with Crippen LogP contribution in [-0.4, -0.2) is 18.5 Å². The number of carbonyl (C=O) groups is 1. The van der Waals surface area contributed by atoms with Gasteiger partial charge in [-0.3, -0.25) is 4.79 Å². The SMILES string of the molecule is CO.Cc1ccc(C)c(C=O)c1. The molecule has 0 aliphatic carbocycles. The lowest BCUT2D eigenvalue weighted by Gasteiger charge is -1.97. The number of aliphatic hydroxyl groups is 1. The van der Waals surface area contributed by atoms with Crippen LogP contribution in [0.3, 0.4) is 0 Å². The molecule has 2 nitrogen and oxygen atoms in total. The van der Waals surface area contributed by atoms with Gasteiger partial charge in [-0.2, -0.15) is 0 Å². The molecule has 66 valence electrons. The van der Waals surface area contributed by atoms with Crippen LogP contribution in [0.5, 0.6) is 0 Å². The Hall–Kier alpha value is -1.15. The summed E-state index contributed by atoms with van der Waals surface area (Å²) in [5.41, 5.74) is 2.97. The van der Waals surface area contributed by atoms with E-state index in [-0.39, 0.29) is 0 Å². The second kappa shape index (κ2) is 5.49. The summed E-state index contributed by atoms with van der Waals surface area (Å²) in [6.07, 6.45) is 0.891. The molecule has 0 radical (unpaired) electrons. The van der Waals surface area contributed by atoms with Gasteiger partial charge >= 0.3 is 0 Å². The molecule has 0 spiro atoms. The molecule has 0 atom stereocenters. The predicted molar refractivity (Wildman–Crippen MR) is 49.4 cm³/mol. The van der Waals surface area contributed by atoms with Crippen molar-refractivity contribution in [1.29, 1.82) is 0 Å². The molecule has 1 aromatic carbocycles. The van der Waals surface area contributed by atoms with Gasteiger partial charge in [0.05, 0.1) is 0 Å². The summed E-state index contributed by atoms with van der Waals surface area (Å²) in [4.78, 5) is 10.4. The summed E-state index contributed by atoms with van der Waals surface area (Å²) in [5.74, 6) is 0. The number of rotatable bonds is 1. The quantitative estimate of drug-likeness (QED) is 0.645. The topological polar surface area (TPSA) is 37.3 Å². The van der Waals surface area contributed by atoms with Crippen LogP contribution < -0.4 is 0 Å². The molecule has 12 heavy (non-hydrogen) atoms. The molecule has 0 saturated carbocycles. The Bertz CT molecular complexity index is 254. The second-order valence-corrected chi connectivity index (χ2v) is 2.48. The van der Waals surface area contributed by atoms with Crippen molar-refractivity contribution < 1.29 is 9.90 Å². The van der Waals surface area contributed by atoms with E-state index in [0.29, 0.717) is 0 Å². The van der Waals surface area contributed by atoms with Gasteiger partial charge < -0.3 is 5.11 Å². The first kappa shape index (κ1) is 10.8. The molecule has 1 aromatic rings. The number of aliphatic hydroxyl groups excluding tert-OH is 1. The van der Waals surface area contributed by atoms with Gasteiger partial charge in [0.2, 0.25) is 0 Å². The summed E-state index contributed by atoms with van der Waals surface area (Å²) in [6, 6.07) is 5.85. The molecule has 0 aliphatic heterocycles. The second-order valence-electron chi connectivity index (χ2n) is 2.48. The summed E-state index contributed by atoms with van der Waals surface area (Å²) in [7, 11) is 1.00. The average Bonchev–Trinajstić information content (AvgIpc) is 2.13. The Balaban J connectivity index is 0.000000561. The van der Waals surface area contributed by atoms with Crippen LogP contribution in [0, 0.1) is 13.8 Å². The van der Waals surface area contributed by atoms with Crippen molar-refractivity contribution in [3.05, 3.63) is 34.9 Å². The summed E-state index contributed by atoms with van der Waals surface area (Å²) >= 11 is 0. The van der Waals surface area contributed by atoms with Crippen molar-refractivity contribution in [2.24, 2.45) is 0 Å². The molecule has 0 amide bonds. The largest absolute Gasteiger partial charge is 0.400 e. The number of hydrogen-bond acceptors (Lipinski definition) is 2. The molecule has 0 saturated heterocycles. The lowest BCUT2D eigenvalue weighted by atomic mass is 10.1. The first-order valence-electron chi connectivity index (χ1n) is 3.71. The Morgan fingerprint density at radius 3 is 2.25 bits per heavy atom. The maximum Gasteiger partial charge on any atom is 0.150 e. The van der Waals surface area contributed by atoms with Crippen LogP contribution in [0.15, 0.2) is 18.2 Å². The van der Waals surface area contributed by atoms with Gasteiger partial charge in [-0.05, 0) is 25.5 Å². The zero-order valence-electron chi connectivity index (χ0n) is 7.66. The Morgan fingerprint density at radius 2 is 1.83 bits per heavy atom. The van der Waals surface area contributed by atoms with Gasteiger partial charge in [0.15, 0.2) is 0 Å². The van der Waals surface area contributed by atoms with Gasteiger partial charge in [-0.25, -0.2) is 0 Å². The fraction of sp³-hybridized carbons (Fsp3) is 0.300. The maximum absolute atomic E-state index is 10.4. The van der Waals surface area contributed by atoms with Crippen molar-refractivity contribution >= 4 is 6.29 Å². The highest BCUT2D eigenvalue weighted by Crippen LogP contribution is 2.07. The van der Waals surface area contributed by atoms with Gasteiger partial charge in [0.25, 0.3) is 0 Å². The molecule has 0 fully saturated rings. The van der Waals surface area contributed by atoms with Gasteiger partial charge in [0, 0.05) is 12.7 Å².